The fourth-order valence-corrected chi connectivity index (χ4v) is 4.97. The number of benzene rings is 1. The van der Waals surface area contributed by atoms with Gasteiger partial charge in [-0.2, -0.15) is 0 Å². The maximum atomic E-state index is 12.5. The van der Waals surface area contributed by atoms with Crippen molar-refractivity contribution in [2.75, 3.05) is 5.32 Å². The fraction of sp³-hybridized carbons (Fsp3) is 0.300. The maximum absolute atomic E-state index is 12.5. The van der Waals surface area contributed by atoms with Crippen LogP contribution in [0.4, 0.5) is 5.00 Å². The number of nitrogens with zero attached hydrogens (tertiary/aromatic N) is 1. The lowest BCUT2D eigenvalue weighted by atomic mass is 9.95. The minimum atomic E-state index is -0.448. The first-order chi connectivity index (χ1) is 12.6. The number of nitrogens with one attached hydrogen (secondary N) is 1. The zero-order valence-corrected chi connectivity index (χ0v) is 15.3. The Kier molecular flexibility index (Phi) is 4.51. The molecule has 0 aliphatic heterocycles. The van der Waals surface area contributed by atoms with Crippen LogP contribution in [0.1, 0.15) is 40.1 Å². The van der Waals surface area contributed by atoms with E-state index in [0.29, 0.717) is 23.5 Å². The van der Waals surface area contributed by atoms with E-state index < -0.39 is 5.91 Å². The van der Waals surface area contributed by atoms with Crippen molar-refractivity contribution in [3.05, 3.63) is 52.5 Å². The molecule has 3 N–H and O–H groups in total. The van der Waals surface area contributed by atoms with Gasteiger partial charge >= 0.3 is 0 Å². The number of aromatic nitrogens is 1. The number of fused-ring (bicyclic) bond motifs is 2. The molecule has 0 fully saturated rings. The van der Waals surface area contributed by atoms with E-state index in [1.165, 1.54) is 16.2 Å². The van der Waals surface area contributed by atoms with Crippen molar-refractivity contribution < 1.29 is 9.59 Å². The summed E-state index contributed by atoms with van der Waals surface area (Å²) in [5, 5.41) is 4.70. The Morgan fingerprint density at radius 2 is 1.96 bits per heavy atom. The lowest BCUT2D eigenvalue weighted by molar-refractivity contribution is -0.116. The quantitative estimate of drug-likeness (QED) is 0.721. The van der Waals surface area contributed by atoms with Crippen LogP contribution in [-0.4, -0.2) is 16.4 Å². The molecule has 0 unspecified atom stereocenters. The average Bonchev–Trinajstić information content (AvgIpc) is 3.20. The van der Waals surface area contributed by atoms with Gasteiger partial charge in [0.15, 0.2) is 0 Å². The fourth-order valence-electron chi connectivity index (χ4n) is 3.66. The summed E-state index contributed by atoms with van der Waals surface area (Å²) in [6, 6.07) is 10.1. The van der Waals surface area contributed by atoms with Crippen molar-refractivity contribution in [3.63, 3.8) is 0 Å². The number of carbonyl (C=O) groups excluding carboxylic acids is 2. The predicted molar refractivity (Wildman–Crippen MR) is 105 cm³/mol. The SMILES string of the molecule is NC(=O)c1c(NC(=O)CCn2ccc3ccccc32)sc2c1CCCC2. The summed E-state index contributed by atoms with van der Waals surface area (Å²) in [6.45, 7) is 0.594. The number of anilines is 1. The summed E-state index contributed by atoms with van der Waals surface area (Å²) in [5.74, 6) is -0.542. The van der Waals surface area contributed by atoms with E-state index in [1.807, 2.05) is 30.5 Å². The van der Waals surface area contributed by atoms with Gasteiger partial charge in [-0.15, -0.1) is 11.3 Å². The predicted octanol–water partition coefficient (Wildman–Crippen LogP) is 3.71. The Bertz CT molecular complexity index is 986. The number of rotatable bonds is 5. The van der Waals surface area contributed by atoms with Gasteiger partial charge < -0.3 is 15.6 Å². The summed E-state index contributed by atoms with van der Waals surface area (Å²) in [5.41, 5.74) is 8.26. The third-order valence-corrected chi connectivity index (χ3v) is 6.14. The highest BCUT2D eigenvalue weighted by molar-refractivity contribution is 7.17. The number of hydrogen-bond donors (Lipinski definition) is 2. The van der Waals surface area contributed by atoms with Gasteiger partial charge in [0.2, 0.25) is 5.91 Å². The molecule has 26 heavy (non-hydrogen) atoms. The van der Waals surface area contributed by atoms with E-state index in [4.69, 9.17) is 5.73 Å². The van der Waals surface area contributed by atoms with Crippen LogP contribution < -0.4 is 11.1 Å². The molecular formula is C20H21N3O2S. The Labute approximate surface area is 155 Å². The Balaban J connectivity index is 1.48. The van der Waals surface area contributed by atoms with Gasteiger partial charge in [0, 0.05) is 29.6 Å². The van der Waals surface area contributed by atoms with Gasteiger partial charge in [-0.1, -0.05) is 18.2 Å². The highest BCUT2D eigenvalue weighted by atomic mass is 32.1. The molecule has 0 bridgehead atoms. The molecule has 0 saturated carbocycles. The van der Waals surface area contributed by atoms with Crippen LogP contribution in [0.5, 0.6) is 0 Å². The third-order valence-electron chi connectivity index (χ3n) is 4.93. The van der Waals surface area contributed by atoms with Crippen LogP contribution in [0.15, 0.2) is 36.5 Å². The first-order valence-electron chi connectivity index (χ1n) is 8.91. The Hall–Kier alpha value is -2.60. The van der Waals surface area contributed by atoms with Crippen molar-refractivity contribution in [1.29, 1.82) is 0 Å². The second-order valence-corrected chi connectivity index (χ2v) is 7.75. The van der Waals surface area contributed by atoms with E-state index in [-0.39, 0.29) is 5.91 Å². The number of nitrogens with two attached hydrogens (primary N) is 1. The molecule has 2 amide bonds. The van der Waals surface area contributed by atoms with E-state index in [0.717, 1.165) is 42.1 Å². The number of hydrogen-bond acceptors (Lipinski definition) is 3. The molecule has 0 saturated heterocycles. The summed E-state index contributed by atoms with van der Waals surface area (Å²) < 4.78 is 2.07. The highest BCUT2D eigenvalue weighted by Crippen LogP contribution is 2.37. The van der Waals surface area contributed by atoms with Gasteiger partial charge in [0.1, 0.15) is 5.00 Å². The van der Waals surface area contributed by atoms with Crippen LogP contribution >= 0.6 is 11.3 Å². The molecule has 0 spiro atoms. The van der Waals surface area contributed by atoms with Gasteiger partial charge in [0.25, 0.3) is 5.91 Å². The first-order valence-corrected chi connectivity index (χ1v) is 9.73. The maximum Gasteiger partial charge on any atom is 0.251 e. The Morgan fingerprint density at radius 1 is 1.15 bits per heavy atom. The lowest BCUT2D eigenvalue weighted by Gasteiger charge is -2.11. The number of carbonyl (C=O) groups is 2. The minimum Gasteiger partial charge on any atom is -0.365 e. The third kappa shape index (κ3) is 3.12. The zero-order chi connectivity index (χ0) is 18.1. The molecule has 2 heterocycles. The van der Waals surface area contributed by atoms with Crippen molar-refractivity contribution in [2.24, 2.45) is 5.73 Å². The molecular weight excluding hydrogens is 346 g/mol. The summed E-state index contributed by atoms with van der Waals surface area (Å²) in [6.07, 6.45) is 6.37. The summed E-state index contributed by atoms with van der Waals surface area (Å²) in [7, 11) is 0. The number of primary amides is 1. The average molecular weight is 367 g/mol. The smallest absolute Gasteiger partial charge is 0.251 e. The van der Waals surface area contributed by atoms with Crippen LogP contribution in [0.3, 0.4) is 0 Å². The second kappa shape index (κ2) is 6.96. The van der Waals surface area contributed by atoms with Crippen molar-refractivity contribution in [1.82, 2.24) is 4.57 Å². The molecule has 1 aliphatic rings. The van der Waals surface area contributed by atoms with Crippen LogP contribution in [0.25, 0.3) is 10.9 Å². The largest absolute Gasteiger partial charge is 0.365 e. The van der Waals surface area contributed by atoms with Crippen LogP contribution in [0.2, 0.25) is 0 Å². The van der Waals surface area contributed by atoms with E-state index in [2.05, 4.69) is 16.0 Å². The normalized spacial score (nSPS) is 13.5. The molecule has 134 valence electrons. The van der Waals surface area contributed by atoms with Crippen LogP contribution in [-0.2, 0) is 24.2 Å². The topological polar surface area (TPSA) is 77.1 Å². The Morgan fingerprint density at radius 3 is 2.81 bits per heavy atom. The van der Waals surface area contributed by atoms with Gasteiger partial charge in [-0.25, -0.2) is 0 Å². The summed E-state index contributed by atoms with van der Waals surface area (Å²) >= 11 is 1.50. The van der Waals surface area contributed by atoms with Gasteiger partial charge in [-0.05, 0) is 48.8 Å². The first kappa shape index (κ1) is 16.8. The molecule has 0 radical (unpaired) electrons. The second-order valence-electron chi connectivity index (χ2n) is 6.65. The van der Waals surface area contributed by atoms with E-state index in [1.54, 1.807) is 0 Å². The molecule has 6 heteroatoms. The number of para-hydroxylation sites is 1. The molecule has 3 aromatic rings. The standard InChI is InChI=1S/C20H21N3O2S/c21-19(25)18-14-6-2-4-8-16(14)26-20(18)22-17(24)10-12-23-11-9-13-5-1-3-7-15(13)23/h1,3,5,7,9,11H,2,4,6,8,10,12H2,(H2,21,25)(H,22,24). The number of amides is 2. The molecule has 0 atom stereocenters. The highest BCUT2D eigenvalue weighted by Gasteiger charge is 2.24. The van der Waals surface area contributed by atoms with E-state index >= 15 is 0 Å². The molecule has 5 nitrogen and oxygen atoms in total. The van der Waals surface area contributed by atoms with Crippen molar-refractivity contribution >= 4 is 39.1 Å². The monoisotopic (exact) mass is 367 g/mol. The van der Waals surface area contributed by atoms with Crippen molar-refractivity contribution in [2.45, 2.75) is 38.6 Å². The molecule has 1 aliphatic carbocycles. The number of thiophene rings is 1. The molecule has 1 aromatic carbocycles. The van der Waals surface area contributed by atoms with E-state index in [9.17, 15) is 9.59 Å². The molecule has 2 aromatic heterocycles. The lowest BCUT2D eigenvalue weighted by Crippen LogP contribution is -2.19. The molecule has 4 rings (SSSR count). The van der Waals surface area contributed by atoms with Crippen molar-refractivity contribution in [3.8, 4) is 0 Å². The van der Waals surface area contributed by atoms with Crippen LogP contribution in [0, 0.1) is 0 Å². The minimum absolute atomic E-state index is 0.0936. The van der Waals surface area contributed by atoms with Gasteiger partial charge in [-0.3, -0.25) is 9.59 Å². The van der Waals surface area contributed by atoms with Gasteiger partial charge in [0.05, 0.1) is 5.56 Å². The zero-order valence-electron chi connectivity index (χ0n) is 14.5. The summed E-state index contributed by atoms with van der Waals surface area (Å²) in [4.78, 5) is 25.6. The number of aryl methyl sites for hydroxylation is 2.